The standard InChI is InChI=1S/C8H4O.2Al.4H/c1-2-4-8-6-9-5-7(8)3-1;;;;;;/h1-4H;;;;;;. The van der Waals surface area contributed by atoms with Gasteiger partial charge < -0.3 is 4.42 Å². The van der Waals surface area contributed by atoms with Gasteiger partial charge in [-0.05, 0) is 0 Å². The van der Waals surface area contributed by atoms with Crippen molar-refractivity contribution in [2.24, 2.45) is 0 Å². The molecule has 0 saturated carbocycles. The van der Waals surface area contributed by atoms with Crippen LogP contribution in [-0.2, 0) is 0 Å². The lowest BCUT2D eigenvalue weighted by Gasteiger charge is -1.87. The first-order valence-corrected chi connectivity index (χ1v) is 5.74. The largest absolute Gasteiger partial charge is 0.505 e. The molecule has 0 amide bonds. The van der Waals surface area contributed by atoms with E-state index in [-0.39, 0.29) is 0 Å². The summed E-state index contributed by atoms with van der Waals surface area (Å²) in [5, 5.41) is 2.65. The maximum absolute atomic E-state index is 5.59. The van der Waals surface area contributed by atoms with E-state index in [1.807, 2.05) is 0 Å². The van der Waals surface area contributed by atoms with Gasteiger partial charge in [-0.3, -0.25) is 0 Å². The quantitative estimate of drug-likeness (QED) is 0.464. The van der Waals surface area contributed by atoms with Crippen LogP contribution in [0.1, 0.15) is 0 Å². The topological polar surface area (TPSA) is 13.1 Å². The van der Waals surface area contributed by atoms with Crippen molar-refractivity contribution in [1.29, 1.82) is 0 Å². The second-order valence-electron chi connectivity index (χ2n) is 2.76. The highest BCUT2D eigenvalue weighted by Crippen LogP contribution is 2.07. The third-order valence-corrected chi connectivity index (χ3v) is 3.48. The SMILES string of the molecule is [AlH2][c]1o[c]([AlH2])c2ccccc12. The first-order valence-electron chi connectivity index (χ1n) is 3.74. The summed E-state index contributed by atoms with van der Waals surface area (Å²) in [6.07, 6.45) is 0. The normalized spacial score (nSPS) is 10.5. The van der Waals surface area contributed by atoms with E-state index in [0.29, 0.717) is 0 Å². The van der Waals surface area contributed by atoms with Gasteiger partial charge in [0.25, 0.3) is 0 Å². The maximum Gasteiger partial charge on any atom is 0.319 e. The van der Waals surface area contributed by atoms with Gasteiger partial charge in [0, 0.05) is 20.0 Å². The Kier molecular flexibility index (Phi) is 1.84. The van der Waals surface area contributed by atoms with Crippen LogP contribution in [0.3, 0.4) is 0 Å². The monoisotopic (exact) mass is 174 g/mol. The summed E-state index contributed by atoms with van der Waals surface area (Å²) in [5.74, 6) is 0. The molecular formula is C8H8Al2O. The number of rotatable bonds is 0. The van der Waals surface area contributed by atoms with Gasteiger partial charge in [-0.1, -0.05) is 24.3 Å². The van der Waals surface area contributed by atoms with Crippen molar-refractivity contribution in [1.82, 2.24) is 0 Å². The number of fused-ring (bicyclic) bond motifs is 1. The lowest BCUT2D eigenvalue weighted by Crippen LogP contribution is -2.01. The summed E-state index contributed by atoms with van der Waals surface area (Å²) in [7, 11) is 0. The third kappa shape index (κ3) is 1.15. The highest BCUT2D eigenvalue weighted by atomic mass is 27.1. The second-order valence-corrected chi connectivity index (χ2v) is 4.58. The molecule has 0 aliphatic heterocycles. The molecule has 0 unspecified atom stereocenters. The van der Waals surface area contributed by atoms with Gasteiger partial charge in [-0.25, -0.2) is 0 Å². The molecule has 2 aromatic rings. The van der Waals surface area contributed by atoms with Gasteiger partial charge in [0.15, 0.2) is 0 Å². The van der Waals surface area contributed by atoms with Gasteiger partial charge in [0.2, 0.25) is 0 Å². The Bertz CT molecular complexity index is 356. The van der Waals surface area contributed by atoms with Crippen molar-refractivity contribution >= 4 is 52.6 Å². The zero-order chi connectivity index (χ0) is 7.84. The minimum absolute atomic E-state index is 1.01. The smallest absolute Gasteiger partial charge is 0.319 e. The molecule has 1 aromatic carbocycles. The van der Waals surface area contributed by atoms with E-state index in [4.69, 9.17) is 4.42 Å². The summed E-state index contributed by atoms with van der Waals surface area (Å²) in [4.78, 5) is 0. The molecule has 1 aromatic heterocycles. The molecule has 0 spiro atoms. The average Bonchev–Trinajstić information content (AvgIpc) is 2.30. The van der Waals surface area contributed by atoms with E-state index in [0.717, 1.165) is 32.6 Å². The van der Waals surface area contributed by atoms with Gasteiger partial charge >= 0.3 is 32.6 Å². The first kappa shape index (κ1) is 7.47. The van der Waals surface area contributed by atoms with Gasteiger partial charge in [-0.15, -0.1) is 0 Å². The van der Waals surface area contributed by atoms with E-state index in [1.54, 1.807) is 0 Å². The molecule has 11 heavy (non-hydrogen) atoms. The highest BCUT2D eigenvalue weighted by molar-refractivity contribution is 6.43. The van der Waals surface area contributed by atoms with Gasteiger partial charge in [0.05, 0.1) is 0 Å². The minimum Gasteiger partial charge on any atom is -0.505 e. The Balaban J connectivity index is 2.95. The van der Waals surface area contributed by atoms with Gasteiger partial charge in [0.1, 0.15) is 0 Å². The molecule has 52 valence electrons. The van der Waals surface area contributed by atoms with Crippen LogP contribution in [-0.4, -0.2) is 32.6 Å². The molecule has 0 fully saturated rings. The number of hydrogen-bond acceptors (Lipinski definition) is 1. The van der Waals surface area contributed by atoms with Crippen LogP contribution in [0.15, 0.2) is 28.7 Å². The minimum atomic E-state index is 1.01. The molecule has 1 nitrogen and oxygen atoms in total. The second kappa shape index (κ2) is 2.70. The van der Waals surface area contributed by atoms with E-state index < -0.39 is 0 Å². The Morgan fingerprint density at radius 3 is 1.82 bits per heavy atom. The molecule has 0 radical (unpaired) electrons. The summed E-state index contributed by atoms with van der Waals surface area (Å²) in [5.41, 5.74) is 0. The Morgan fingerprint density at radius 2 is 1.36 bits per heavy atom. The summed E-state index contributed by atoms with van der Waals surface area (Å²) in [6.45, 7) is 0. The zero-order valence-electron chi connectivity index (χ0n) is 6.72. The van der Waals surface area contributed by atoms with Crippen molar-refractivity contribution in [3.05, 3.63) is 24.3 Å². The molecule has 0 saturated heterocycles. The Labute approximate surface area is 81.2 Å². The zero-order valence-corrected chi connectivity index (χ0v) is 10.7. The van der Waals surface area contributed by atoms with Crippen molar-refractivity contribution in [3.63, 3.8) is 0 Å². The Hall–Kier alpha value is -0.175. The summed E-state index contributed by atoms with van der Waals surface area (Å²) in [6, 6.07) is 8.42. The fourth-order valence-corrected chi connectivity index (χ4v) is 3.33. The lowest BCUT2D eigenvalue weighted by molar-refractivity contribution is 0.643. The van der Waals surface area contributed by atoms with Crippen molar-refractivity contribution in [3.8, 4) is 0 Å². The number of hydrogen-bond donors (Lipinski definition) is 0. The van der Waals surface area contributed by atoms with Crippen LogP contribution in [0.5, 0.6) is 0 Å². The molecule has 2 rings (SSSR count). The molecule has 1 heterocycles. The predicted molar refractivity (Wildman–Crippen MR) is 52.6 cm³/mol. The van der Waals surface area contributed by atoms with E-state index >= 15 is 0 Å². The molecule has 0 aliphatic rings. The van der Waals surface area contributed by atoms with Crippen molar-refractivity contribution in [2.75, 3.05) is 0 Å². The van der Waals surface area contributed by atoms with Crippen LogP contribution in [0.2, 0.25) is 0 Å². The molecule has 0 atom stereocenters. The van der Waals surface area contributed by atoms with Crippen LogP contribution in [0, 0.1) is 0 Å². The van der Waals surface area contributed by atoms with Crippen LogP contribution in [0.25, 0.3) is 10.8 Å². The molecule has 3 heteroatoms. The van der Waals surface area contributed by atoms with E-state index in [9.17, 15) is 0 Å². The Morgan fingerprint density at radius 1 is 0.909 bits per heavy atom. The van der Waals surface area contributed by atoms with Crippen molar-refractivity contribution < 1.29 is 4.42 Å². The predicted octanol–water partition coefficient (Wildman–Crippen LogP) is -1.05. The first-order chi connectivity index (χ1) is 5.29. The van der Waals surface area contributed by atoms with Crippen LogP contribution < -0.4 is 9.24 Å². The van der Waals surface area contributed by atoms with Crippen LogP contribution in [0.4, 0.5) is 0 Å². The maximum atomic E-state index is 5.59. The van der Waals surface area contributed by atoms with Gasteiger partial charge in [-0.2, -0.15) is 0 Å². The lowest BCUT2D eigenvalue weighted by atomic mass is 10.2. The van der Waals surface area contributed by atoms with E-state index in [2.05, 4.69) is 24.3 Å². The fraction of sp³-hybridized carbons (Fsp3) is 0. The molecule has 0 bridgehead atoms. The summed E-state index contributed by atoms with van der Waals surface area (Å²) >= 11 is 2.03. The molecular weight excluding hydrogens is 166 g/mol. The number of benzene rings is 1. The van der Waals surface area contributed by atoms with Crippen molar-refractivity contribution in [2.45, 2.75) is 0 Å². The van der Waals surface area contributed by atoms with Crippen LogP contribution >= 0.6 is 0 Å². The number of furan rings is 1. The average molecular weight is 174 g/mol. The molecule has 0 N–H and O–H groups in total. The fourth-order valence-electron chi connectivity index (χ4n) is 1.44. The van der Waals surface area contributed by atoms with E-state index in [1.165, 1.54) is 20.0 Å². The summed E-state index contributed by atoms with van der Waals surface area (Å²) < 4.78 is 7.96. The molecule has 0 aliphatic carbocycles. The highest BCUT2D eigenvalue weighted by Gasteiger charge is 2.02. The third-order valence-electron chi connectivity index (χ3n) is 1.99.